The van der Waals surface area contributed by atoms with E-state index in [1.807, 2.05) is 6.92 Å². The fourth-order valence-electron chi connectivity index (χ4n) is 7.32. The number of ketones is 2. The summed E-state index contributed by atoms with van der Waals surface area (Å²) in [6.07, 6.45) is 3.40. The number of aliphatic hydroxyl groups is 3. The van der Waals surface area contributed by atoms with Gasteiger partial charge in [-0.05, 0) is 73.8 Å². The zero-order chi connectivity index (χ0) is 19.1. The SMILES string of the molecule is CC(=O)[C@@]1(O)CCC2C3C[C@@H](O)C4=CC(=O)CC[C@]4(C)C3C(O)C[C@@]21C. The summed E-state index contributed by atoms with van der Waals surface area (Å²) >= 11 is 0. The normalized spacial score (nSPS) is 53.4. The maximum atomic E-state index is 12.3. The average Bonchev–Trinajstić information content (AvgIpc) is 2.81. The van der Waals surface area contributed by atoms with Crippen LogP contribution >= 0.6 is 0 Å². The van der Waals surface area contributed by atoms with E-state index in [2.05, 4.69) is 6.92 Å². The molecule has 4 rings (SSSR count). The highest BCUT2D eigenvalue weighted by Crippen LogP contribution is 2.67. The van der Waals surface area contributed by atoms with Crippen molar-refractivity contribution >= 4 is 11.6 Å². The number of carbonyl (C=O) groups excluding carboxylic acids is 2. The average molecular weight is 362 g/mol. The quantitative estimate of drug-likeness (QED) is 0.661. The van der Waals surface area contributed by atoms with Gasteiger partial charge in [-0.25, -0.2) is 0 Å². The molecule has 0 amide bonds. The zero-order valence-electron chi connectivity index (χ0n) is 15.9. The molecule has 0 aliphatic heterocycles. The fraction of sp³-hybridized carbons (Fsp3) is 0.810. The zero-order valence-corrected chi connectivity index (χ0v) is 15.9. The molecule has 26 heavy (non-hydrogen) atoms. The van der Waals surface area contributed by atoms with Gasteiger partial charge in [-0.1, -0.05) is 13.8 Å². The van der Waals surface area contributed by atoms with Crippen molar-refractivity contribution in [2.45, 2.75) is 77.1 Å². The monoisotopic (exact) mass is 362 g/mol. The van der Waals surface area contributed by atoms with Crippen LogP contribution in [0.3, 0.4) is 0 Å². The number of fused-ring (bicyclic) bond motifs is 5. The Morgan fingerprint density at radius 3 is 2.58 bits per heavy atom. The second kappa shape index (κ2) is 5.49. The van der Waals surface area contributed by atoms with E-state index >= 15 is 0 Å². The maximum Gasteiger partial charge on any atom is 0.161 e. The summed E-state index contributed by atoms with van der Waals surface area (Å²) in [4.78, 5) is 24.2. The minimum Gasteiger partial charge on any atom is -0.393 e. The molecule has 5 heteroatoms. The van der Waals surface area contributed by atoms with Crippen LogP contribution in [0.2, 0.25) is 0 Å². The lowest BCUT2D eigenvalue weighted by Crippen LogP contribution is -2.62. The Balaban J connectivity index is 1.79. The first kappa shape index (κ1) is 18.3. The van der Waals surface area contributed by atoms with E-state index in [9.17, 15) is 24.9 Å². The highest BCUT2D eigenvalue weighted by molar-refractivity contribution is 5.92. The van der Waals surface area contributed by atoms with Gasteiger partial charge in [0.2, 0.25) is 0 Å². The van der Waals surface area contributed by atoms with Gasteiger partial charge in [-0.3, -0.25) is 9.59 Å². The first-order valence-corrected chi connectivity index (χ1v) is 9.89. The van der Waals surface area contributed by atoms with Crippen molar-refractivity contribution in [1.29, 1.82) is 0 Å². The Kier molecular flexibility index (Phi) is 3.87. The lowest BCUT2D eigenvalue weighted by atomic mass is 9.45. The molecule has 0 aromatic carbocycles. The van der Waals surface area contributed by atoms with Gasteiger partial charge in [-0.15, -0.1) is 0 Å². The number of hydrogen-bond acceptors (Lipinski definition) is 5. The number of rotatable bonds is 1. The maximum absolute atomic E-state index is 12.3. The summed E-state index contributed by atoms with van der Waals surface area (Å²) in [6.45, 7) is 5.45. The third kappa shape index (κ3) is 2.08. The summed E-state index contributed by atoms with van der Waals surface area (Å²) in [5.41, 5.74) is -1.68. The van der Waals surface area contributed by atoms with E-state index in [4.69, 9.17) is 0 Å². The number of aliphatic hydroxyl groups excluding tert-OH is 2. The van der Waals surface area contributed by atoms with Gasteiger partial charge in [-0.2, -0.15) is 0 Å². The van der Waals surface area contributed by atoms with Crippen molar-refractivity contribution in [2.75, 3.05) is 0 Å². The number of carbonyl (C=O) groups is 2. The summed E-state index contributed by atoms with van der Waals surface area (Å²) in [7, 11) is 0. The van der Waals surface area contributed by atoms with Crippen LogP contribution in [0, 0.1) is 28.6 Å². The molecule has 0 spiro atoms. The standard InChI is InChI=1S/C21H30O5/c1-11(22)21(26)7-5-14-13-9-16(24)15-8-12(23)4-6-19(15,2)18(13)17(25)10-20(14,21)3/h8,13-14,16-18,24-26H,4-7,9-10H2,1-3H3/t13?,14?,16-,17?,18?,19+,20+,21+/m1/s1. The van der Waals surface area contributed by atoms with Crippen LogP contribution in [0.1, 0.15) is 59.3 Å². The molecular formula is C21H30O5. The smallest absolute Gasteiger partial charge is 0.161 e. The molecule has 4 aliphatic rings. The Hall–Kier alpha value is -1.04. The topological polar surface area (TPSA) is 94.8 Å². The van der Waals surface area contributed by atoms with E-state index in [1.54, 1.807) is 6.08 Å². The molecule has 5 nitrogen and oxygen atoms in total. The van der Waals surface area contributed by atoms with E-state index in [-0.39, 0.29) is 29.3 Å². The van der Waals surface area contributed by atoms with Crippen LogP contribution in [-0.4, -0.2) is 44.7 Å². The number of hydrogen-bond donors (Lipinski definition) is 3. The minimum atomic E-state index is -1.39. The molecule has 4 aliphatic carbocycles. The van der Waals surface area contributed by atoms with Crippen molar-refractivity contribution < 1.29 is 24.9 Å². The van der Waals surface area contributed by atoms with Crippen molar-refractivity contribution in [3.05, 3.63) is 11.6 Å². The first-order chi connectivity index (χ1) is 12.0. The molecule has 0 radical (unpaired) electrons. The van der Waals surface area contributed by atoms with Gasteiger partial charge < -0.3 is 15.3 Å². The molecule has 3 saturated carbocycles. The summed E-state index contributed by atoms with van der Waals surface area (Å²) in [6, 6.07) is 0. The largest absolute Gasteiger partial charge is 0.393 e. The lowest BCUT2D eigenvalue weighted by Gasteiger charge is -2.61. The molecule has 0 bridgehead atoms. The van der Waals surface area contributed by atoms with Crippen LogP contribution in [-0.2, 0) is 9.59 Å². The Morgan fingerprint density at radius 1 is 1.23 bits per heavy atom. The van der Waals surface area contributed by atoms with Gasteiger partial charge >= 0.3 is 0 Å². The summed E-state index contributed by atoms with van der Waals surface area (Å²) in [5, 5.41) is 33.1. The lowest BCUT2D eigenvalue weighted by molar-refractivity contribution is -0.184. The van der Waals surface area contributed by atoms with Crippen LogP contribution < -0.4 is 0 Å². The van der Waals surface area contributed by atoms with Gasteiger partial charge in [0.15, 0.2) is 11.6 Å². The van der Waals surface area contributed by atoms with E-state index in [1.165, 1.54) is 6.92 Å². The molecule has 8 atom stereocenters. The van der Waals surface area contributed by atoms with Crippen LogP contribution in [0.15, 0.2) is 11.6 Å². The molecule has 3 N–H and O–H groups in total. The predicted octanol–water partition coefficient (Wildman–Crippen LogP) is 1.78. The summed E-state index contributed by atoms with van der Waals surface area (Å²) < 4.78 is 0. The second-order valence-electron chi connectivity index (χ2n) is 9.68. The van der Waals surface area contributed by atoms with Crippen molar-refractivity contribution in [3.8, 4) is 0 Å². The Bertz CT molecular complexity index is 699. The second-order valence-corrected chi connectivity index (χ2v) is 9.68. The van der Waals surface area contributed by atoms with Gasteiger partial charge in [0.25, 0.3) is 0 Å². The van der Waals surface area contributed by atoms with E-state index < -0.39 is 28.6 Å². The molecule has 0 aromatic heterocycles. The van der Waals surface area contributed by atoms with Crippen LogP contribution in [0.25, 0.3) is 0 Å². The van der Waals surface area contributed by atoms with Crippen molar-refractivity contribution in [3.63, 3.8) is 0 Å². The third-order valence-corrected chi connectivity index (χ3v) is 8.65. The molecule has 0 saturated heterocycles. The third-order valence-electron chi connectivity index (χ3n) is 8.65. The molecule has 4 unspecified atom stereocenters. The first-order valence-electron chi connectivity index (χ1n) is 9.89. The van der Waals surface area contributed by atoms with Gasteiger partial charge in [0, 0.05) is 11.8 Å². The molecule has 0 heterocycles. The Morgan fingerprint density at radius 2 is 1.92 bits per heavy atom. The van der Waals surface area contributed by atoms with E-state index in [0.717, 1.165) is 12.0 Å². The molecule has 0 aromatic rings. The Labute approximate surface area is 154 Å². The van der Waals surface area contributed by atoms with E-state index in [0.29, 0.717) is 32.1 Å². The minimum absolute atomic E-state index is 0.0439. The number of Topliss-reactive ketones (excluding diaryl/α,β-unsaturated/α-hetero) is 1. The predicted molar refractivity (Wildman–Crippen MR) is 95.1 cm³/mol. The van der Waals surface area contributed by atoms with Crippen molar-refractivity contribution in [2.24, 2.45) is 28.6 Å². The highest BCUT2D eigenvalue weighted by Gasteiger charge is 2.68. The molecular weight excluding hydrogens is 332 g/mol. The molecule has 144 valence electrons. The summed E-state index contributed by atoms with van der Waals surface area (Å²) in [5.74, 6) is -0.0768. The fourth-order valence-corrected chi connectivity index (χ4v) is 7.32. The van der Waals surface area contributed by atoms with Gasteiger partial charge in [0.05, 0.1) is 12.2 Å². The van der Waals surface area contributed by atoms with Gasteiger partial charge in [0.1, 0.15) is 5.60 Å². The molecule has 3 fully saturated rings. The highest BCUT2D eigenvalue weighted by atomic mass is 16.3. The van der Waals surface area contributed by atoms with Crippen molar-refractivity contribution in [1.82, 2.24) is 0 Å². The van der Waals surface area contributed by atoms with Crippen LogP contribution in [0.4, 0.5) is 0 Å². The van der Waals surface area contributed by atoms with Crippen LogP contribution in [0.5, 0.6) is 0 Å².